The molecule has 3 amide bonds. The molecule has 5 nitrogen and oxygen atoms in total. The van der Waals surface area contributed by atoms with E-state index in [4.69, 9.17) is 0 Å². The normalized spacial score (nSPS) is 22.1. The molecule has 4 aromatic rings. The van der Waals surface area contributed by atoms with Crippen molar-refractivity contribution in [2.24, 2.45) is 11.8 Å². The maximum Gasteiger partial charge on any atom is 0.255 e. The topological polar surface area (TPSA) is 66.5 Å². The Hall–Kier alpha value is -4.51. The molecule has 1 saturated heterocycles. The van der Waals surface area contributed by atoms with Gasteiger partial charge >= 0.3 is 0 Å². The average molecular weight is 527 g/mol. The third-order valence-corrected chi connectivity index (χ3v) is 9.05. The molecule has 5 heteroatoms. The van der Waals surface area contributed by atoms with E-state index < -0.39 is 11.8 Å². The van der Waals surface area contributed by atoms with Crippen LogP contribution in [-0.4, -0.2) is 17.7 Å². The van der Waals surface area contributed by atoms with E-state index >= 15 is 0 Å². The molecule has 0 saturated carbocycles. The van der Waals surface area contributed by atoms with E-state index in [1.807, 2.05) is 42.5 Å². The molecule has 0 radical (unpaired) electrons. The number of nitrogens with one attached hydrogen (secondary N) is 1. The summed E-state index contributed by atoms with van der Waals surface area (Å²) in [5, 5.41) is 3.11. The number of benzene rings is 4. The van der Waals surface area contributed by atoms with E-state index in [0.29, 0.717) is 11.3 Å². The highest BCUT2D eigenvalue weighted by atomic mass is 16.2. The van der Waals surface area contributed by atoms with Gasteiger partial charge in [0.15, 0.2) is 0 Å². The molecular formula is C35H30N2O3. The van der Waals surface area contributed by atoms with Crippen molar-refractivity contribution in [3.8, 4) is 0 Å². The van der Waals surface area contributed by atoms with Crippen molar-refractivity contribution in [2.45, 2.75) is 38.5 Å². The Bertz CT molecular complexity index is 1570. The molecule has 0 aromatic heterocycles. The van der Waals surface area contributed by atoms with Gasteiger partial charge in [0.2, 0.25) is 11.8 Å². The number of aryl methyl sites for hydroxylation is 2. The summed E-state index contributed by atoms with van der Waals surface area (Å²) >= 11 is 0. The zero-order valence-corrected chi connectivity index (χ0v) is 22.6. The van der Waals surface area contributed by atoms with E-state index in [0.717, 1.165) is 51.9 Å². The molecule has 4 aromatic carbocycles. The Labute approximate surface area is 233 Å². The molecule has 1 fully saturated rings. The lowest BCUT2D eigenvalue weighted by molar-refractivity contribution is -0.122. The number of imide groups is 1. The van der Waals surface area contributed by atoms with Crippen molar-refractivity contribution >= 4 is 29.1 Å². The van der Waals surface area contributed by atoms with Gasteiger partial charge in [-0.15, -0.1) is 0 Å². The highest BCUT2D eigenvalue weighted by Crippen LogP contribution is 2.61. The van der Waals surface area contributed by atoms with Crippen molar-refractivity contribution in [3.63, 3.8) is 0 Å². The second-order valence-electron chi connectivity index (χ2n) is 10.9. The number of rotatable bonds is 5. The highest BCUT2D eigenvalue weighted by Gasteiger charge is 2.61. The first-order valence-corrected chi connectivity index (χ1v) is 14.1. The molecular weight excluding hydrogens is 496 g/mol. The van der Waals surface area contributed by atoms with Gasteiger partial charge in [0.05, 0.1) is 17.5 Å². The van der Waals surface area contributed by atoms with Crippen LogP contribution in [0.25, 0.3) is 0 Å². The van der Waals surface area contributed by atoms with Gasteiger partial charge in [0.1, 0.15) is 0 Å². The zero-order chi connectivity index (χ0) is 27.5. The standard InChI is InChI=1S/C35H30N2O3/c1-3-20-11-9-12-21(4-2)32(20)36-33(38)22-13-10-14-23(19-22)37-34(39)30-28-24-15-5-6-16-25(24)29(31(30)35(37)40)27-18-8-7-17-26(27)28/h5-19,28-31H,3-4H2,1-2H3,(H,36,38)/t28?,29?,30-,31+. The van der Waals surface area contributed by atoms with Crippen molar-refractivity contribution in [3.05, 3.63) is 130 Å². The van der Waals surface area contributed by atoms with Gasteiger partial charge in [0, 0.05) is 23.1 Å². The molecule has 8 rings (SSSR count). The van der Waals surface area contributed by atoms with Gasteiger partial charge in [-0.25, -0.2) is 4.90 Å². The van der Waals surface area contributed by atoms with Gasteiger partial charge in [-0.05, 0) is 64.4 Å². The van der Waals surface area contributed by atoms with E-state index in [2.05, 4.69) is 43.4 Å². The summed E-state index contributed by atoms with van der Waals surface area (Å²) in [6.45, 7) is 4.14. The van der Waals surface area contributed by atoms with Crippen LogP contribution in [0.15, 0.2) is 91.0 Å². The summed E-state index contributed by atoms with van der Waals surface area (Å²) in [7, 11) is 0. The molecule has 2 atom stereocenters. The summed E-state index contributed by atoms with van der Waals surface area (Å²) in [6.07, 6.45) is 1.60. The molecule has 3 aliphatic carbocycles. The van der Waals surface area contributed by atoms with Gasteiger partial charge in [0.25, 0.3) is 5.91 Å². The molecule has 198 valence electrons. The maximum absolute atomic E-state index is 14.1. The fraction of sp³-hybridized carbons (Fsp3) is 0.229. The van der Waals surface area contributed by atoms with Crippen LogP contribution in [-0.2, 0) is 22.4 Å². The van der Waals surface area contributed by atoms with Gasteiger partial charge in [-0.3, -0.25) is 14.4 Å². The SMILES string of the molecule is CCc1cccc(CC)c1NC(=O)c1cccc(N2C(=O)[C@@H]3C4c5ccccc5C(c5ccccc54)[C@@H]3C2=O)c1. The molecule has 1 heterocycles. The van der Waals surface area contributed by atoms with Crippen molar-refractivity contribution in [1.82, 2.24) is 0 Å². The fourth-order valence-electron chi connectivity index (χ4n) is 7.31. The Morgan fingerprint density at radius 3 is 1.62 bits per heavy atom. The number of carbonyl (C=O) groups excluding carboxylic acids is 3. The summed E-state index contributed by atoms with van der Waals surface area (Å²) in [6, 6.07) is 29.4. The predicted octanol–water partition coefficient (Wildman–Crippen LogP) is 6.46. The van der Waals surface area contributed by atoms with E-state index in [1.165, 1.54) is 4.90 Å². The van der Waals surface area contributed by atoms with Crippen molar-refractivity contribution < 1.29 is 14.4 Å². The minimum Gasteiger partial charge on any atom is -0.321 e. The first-order valence-electron chi connectivity index (χ1n) is 14.1. The summed E-state index contributed by atoms with van der Waals surface area (Å²) < 4.78 is 0. The van der Waals surface area contributed by atoms with Gasteiger partial charge < -0.3 is 5.32 Å². The molecule has 0 unspecified atom stereocenters. The number of nitrogens with zero attached hydrogens (tertiary/aromatic N) is 1. The molecule has 1 N–H and O–H groups in total. The molecule has 0 spiro atoms. The van der Waals surface area contributed by atoms with Gasteiger partial charge in [-0.2, -0.15) is 0 Å². The van der Waals surface area contributed by atoms with Crippen LogP contribution < -0.4 is 10.2 Å². The largest absolute Gasteiger partial charge is 0.321 e. The number of hydrogen-bond acceptors (Lipinski definition) is 3. The molecule has 4 aliphatic rings. The number of anilines is 2. The Morgan fingerprint density at radius 2 is 1.15 bits per heavy atom. The lowest BCUT2D eigenvalue weighted by atomic mass is 9.55. The second kappa shape index (κ2) is 9.30. The summed E-state index contributed by atoms with van der Waals surface area (Å²) in [5.41, 5.74) is 8.43. The van der Waals surface area contributed by atoms with Crippen LogP contribution in [0.1, 0.15) is 69.4 Å². The van der Waals surface area contributed by atoms with E-state index in [1.54, 1.807) is 24.3 Å². The minimum atomic E-state index is -0.455. The van der Waals surface area contributed by atoms with Crippen LogP contribution in [0.4, 0.5) is 11.4 Å². The third kappa shape index (κ3) is 3.43. The van der Waals surface area contributed by atoms with Crippen LogP contribution in [0.5, 0.6) is 0 Å². The quantitative estimate of drug-likeness (QED) is 0.304. The first kappa shape index (κ1) is 24.5. The molecule has 1 aliphatic heterocycles. The highest BCUT2D eigenvalue weighted by molar-refractivity contribution is 6.23. The van der Waals surface area contributed by atoms with Crippen molar-refractivity contribution in [2.75, 3.05) is 10.2 Å². The Balaban J connectivity index is 1.25. The number of para-hydroxylation sites is 1. The smallest absolute Gasteiger partial charge is 0.255 e. The lowest BCUT2D eigenvalue weighted by Crippen LogP contribution is -2.41. The lowest BCUT2D eigenvalue weighted by Gasteiger charge is -2.45. The Morgan fingerprint density at radius 1 is 0.675 bits per heavy atom. The van der Waals surface area contributed by atoms with E-state index in [9.17, 15) is 14.4 Å². The van der Waals surface area contributed by atoms with Crippen molar-refractivity contribution in [1.29, 1.82) is 0 Å². The minimum absolute atomic E-state index is 0.159. The Kier molecular flexibility index (Phi) is 5.70. The molecule has 2 bridgehead atoms. The maximum atomic E-state index is 14.1. The number of carbonyl (C=O) groups is 3. The summed E-state index contributed by atoms with van der Waals surface area (Å²) in [4.78, 5) is 43.0. The van der Waals surface area contributed by atoms with Crippen LogP contribution in [0, 0.1) is 11.8 Å². The third-order valence-electron chi connectivity index (χ3n) is 9.05. The predicted molar refractivity (Wildman–Crippen MR) is 156 cm³/mol. The second-order valence-corrected chi connectivity index (χ2v) is 10.9. The molecule has 40 heavy (non-hydrogen) atoms. The van der Waals surface area contributed by atoms with Crippen LogP contribution >= 0.6 is 0 Å². The fourth-order valence-corrected chi connectivity index (χ4v) is 7.31. The average Bonchev–Trinajstić information content (AvgIpc) is 3.27. The first-order chi connectivity index (χ1) is 19.5. The van der Waals surface area contributed by atoms with Crippen LogP contribution in [0.3, 0.4) is 0 Å². The van der Waals surface area contributed by atoms with Gasteiger partial charge in [-0.1, -0.05) is 86.6 Å². The zero-order valence-electron chi connectivity index (χ0n) is 22.6. The van der Waals surface area contributed by atoms with E-state index in [-0.39, 0.29) is 29.6 Å². The number of hydrogen-bond donors (Lipinski definition) is 1. The van der Waals surface area contributed by atoms with Crippen LogP contribution in [0.2, 0.25) is 0 Å². The number of amides is 3. The summed E-state index contributed by atoms with van der Waals surface area (Å²) in [5.74, 6) is -1.85. The monoisotopic (exact) mass is 526 g/mol.